The van der Waals surface area contributed by atoms with E-state index < -0.39 is 6.61 Å². The van der Waals surface area contributed by atoms with E-state index in [1.54, 1.807) is 27.8 Å². The monoisotopic (exact) mass is 339 g/mol. The minimum Gasteiger partial charge on any atom is -0.435 e. The average molecular weight is 339 g/mol. The van der Waals surface area contributed by atoms with Crippen LogP contribution >= 0.6 is 11.3 Å². The van der Waals surface area contributed by atoms with E-state index in [0.29, 0.717) is 4.80 Å². The van der Waals surface area contributed by atoms with Gasteiger partial charge >= 0.3 is 12.6 Å². The lowest BCUT2D eigenvalue weighted by Gasteiger charge is -2.11. The van der Waals surface area contributed by atoms with Crippen molar-refractivity contribution in [2.24, 2.45) is 4.99 Å². The van der Waals surface area contributed by atoms with Crippen LogP contribution in [-0.4, -0.2) is 35.2 Å². The molecule has 0 spiro atoms. The minimum atomic E-state index is -2.85. The highest BCUT2D eigenvalue weighted by Gasteiger charge is 2.17. The van der Waals surface area contributed by atoms with Crippen molar-refractivity contribution >= 4 is 17.4 Å². The van der Waals surface area contributed by atoms with Crippen LogP contribution < -0.4 is 9.54 Å². The summed E-state index contributed by atoms with van der Waals surface area (Å²) < 4.78 is 30.4. The number of nitrogens with zero attached hydrogens (tertiary/aromatic N) is 3. The molecule has 0 aliphatic carbocycles. The number of urea groups is 1. The van der Waals surface area contributed by atoms with Crippen molar-refractivity contribution in [3.8, 4) is 11.4 Å². The largest absolute Gasteiger partial charge is 0.435 e. The van der Waals surface area contributed by atoms with E-state index in [4.69, 9.17) is 0 Å². The van der Waals surface area contributed by atoms with Gasteiger partial charge in [0, 0.05) is 30.4 Å². The van der Waals surface area contributed by atoms with Crippen molar-refractivity contribution in [1.29, 1.82) is 0 Å². The number of rotatable bonds is 3. The molecule has 3 rings (SSSR count). The number of aromatic nitrogens is 1. The summed E-state index contributed by atoms with van der Waals surface area (Å²) in [5.74, 6) is 0.0891. The quantitative estimate of drug-likeness (QED) is 0.862. The zero-order chi connectivity index (χ0) is 16.2. The van der Waals surface area contributed by atoms with Crippen LogP contribution in [-0.2, 0) is 0 Å². The Morgan fingerprint density at radius 1 is 1.22 bits per heavy atom. The van der Waals surface area contributed by atoms with Gasteiger partial charge in [-0.05, 0) is 37.1 Å². The number of carbonyl (C=O) groups excluding carboxylic acids is 1. The van der Waals surface area contributed by atoms with Gasteiger partial charge in [-0.25, -0.2) is 4.79 Å². The first-order chi connectivity index (χ1) is 11.1. The Labute approximate surface area is 135 Å². The molecule has 0 N–H and O–H groups in total. The smallest absolute Gasteiger partial charge is 0.387 e. The fourth-order valence-electron chi connectivity index (χ4n) is 2.40. The summed E-state index contributed by atoms with van der Waals surface area (Å²) in [4.78, 5) is 18.6. The molecule has 2 heterocycles. The molecule has 122 valence electrons. The predicted octanol–water partition coefficient (Wildman–Crippen LogP) is 3.26. The maximum atomic E-state index is 12.2. The standard InChI is InChI=1S/C15H15F2N3O2S/c16-13(17)22-12-5-3-11(4-6-12)20-9-10-23-15(20)18-14(21)19-7-1-2-8-19/h3-6,9-10,13H,1-2,7-8H2. The number of benzene rings is 1. The molecule has 8 heteroatoms. The van der Waals surface area contributed by atoms with E-state index in [9.17, 15) is 13.6 Å². The Kier molecular flexibility index (Phi) is 4.71. The van der Waals surface area contributed by atoms with Crippen LogP contribution in [0.4, 0.5) is 13.6 Å². The van der Waals surface area contributed by atoms with Crippen LogP contribution in [0.1, 0.15) is 12.8 Å². The second-order valence-electron chi connectivity index (χ2n) is 5.02. The Balaban J connectivity index is 1.84. The highest BCUT2D eigenvalue weighted by molar-refractivity contribution is 7.07. The van der Waals surface area contributed by atoms with Gasteiger partial charge in [-0.1, -0.05) is 0 Å². The normalized spacial score (nSPS) is 15.4. The number of ether oxygens (including phenoxy) is 1. The van der Waals surface area contributed by atoms with Crippen molar-refractivity contribution in [3.63, 3.8) is 0 Å². The molecule has 0 saturated carbocycles. The second-order valence-corrected chi connectivity index (χ2v) is 5.89. The van der Waals surface area contributed by atoms with Gasteiger partial charge < -0.3 is 9.64 Å². The molecular formula is C15H15F2N3O2S. The predicted molar refractivity (Wildman–Crippen MR) is 82.0 cm³/mol. The highest BCUT2D eigenvalue weighted by Crippen LogP contribution is 2.17. The zero-order valence-electron chi connectivity index (χ0n) is 12.2. The summed E-state index contributed by atoms with van der Waals surface area (Å²) in [6.45, 7) is -1.36. The Morgan fingerprint density at radius 2 is 1.91 bits per heavy atom. The number of hydrogen-bond donors (Lipinski definition) is 0. The molecule has 0 atom stereocenters. The number of likely N-dealkylation sites (tertiary alicyclic amines) is 1. The van der Waals surface area contributed by atoms with Crippen LogP contribution in [0.2, 0.25) is 0 Å². The van der Waals surface area contributed by atoms with Gasteiger partial charge in [0.15, 0.2) is 4.80 Å². The summed E-state index contributed by atoms with van der Waals surface area (Å²) in [6.07, 6.45) is 3.80. The third kappa shape index (κ3) is 3.76. The molecule has 1 aliphatic heterocycles. The van der Waals surface area contributed by atoms with Crippen LogP contribution in [0.3, 0.4) is 0 Å². The van der Waals surface area contributed by atoms with E-state index >= 15 is 0 Å². The molecule has 1 aromatic carbocycles. The Hall–Kier alpha value is -2.22. The minimum absolute atomic E-state index is 0.0891. The van der Waals surface area contributed by atoms with Gasteiger partial charge in [0.1, 0.15) is 5.75 Å². The number of carbonyl (C=O) groups is 1. The van der Waals surface area contributed by atoms with Gasteiger partial charge in [-0.3, -0.25) is 4.57 Å². The van der Waals surface area contributed by atoms with Gasteiger partial charge in [0.2, 0.25) is 0 Å². The van der Waals surface area contributed by atoms with Gasteiger partial charge in [-0.15, -0.1) is 11.3 Å². The molecular weight excluding hydrogens is 324 g/mol. The van der Waals surface area contributed by atoms with Crippen molar-refractivity contribution < 1.29 is 18.3 Å². The first kappa shape index (κ1) is 15.7. The molecule has 2 amide bonds. The fourth-order valence-corrected chi connectivity index (χ4v) is 3.11. The molecule has 5 nitrogen and oxygen atoms in total. The number of hydrogen-bond acceptors (Lipinski definition) is 3. The molecule has 0 unspecified atom stereocenters. The summed E-state index contributed by atoms with van der Waals surface area (Å²) >= 11 is 1.34. The molecule has 1 saturated heterocycles. The highest BCUT2D eigenvalue weighted by atomic mass is 32.1. The van der Waals surface area contributed by atoms with Crippen molar-refractivity contribution in [2.75, 3.05) is 13.1 Å². The van der Waals surface area contributed by atoms with Crippen LogP contribution in [0, 0.1) is 0 Å². The molecule has 1 aliphatic rings. The third-order valence-electron chi connectivity index (χ3n) is 3.50. The molecule has 2 aromatic rings. The van der Waals surface area contributed by atoms with Gasteiger partial charge in [0.25, 0.3) is 0 Å². The number of halogens is 2. The number of alkyl halides is 2. The SMILES string of the molecule is O=C(N=c1sccn1-c1ccc(OC(F)F)cc1)N1CCCC1. The molecule has 23 heavy (non-hydrogen) atoms. The molecule has 0 bridgehead atoms. The lowest BCUT2D eigenvalue weighted by molar-refractivity contribution is -0.0498. The topological polar surface area (TPSA) is 46.8 Å². The molecule has 0 radical (unpaired) electrons. The maximum absolute atomic E-state index is 12.2. The average Bonchev–Trinajstić information content (AvgIpc) is 3.18. The van der Waals surface area contributed by atoms with Crippen LogP contribution in [0.25, 0.3) is 5.69 Å². The Bertz CT molecular complexity index is 734. The zero-order valence-corrected chi connectivity index (χ0v) is 13.0. The summed E-state index contributed by atoms with van der Waals surface area (Å²) in [6, 6.07) is 5.96. The summed E-state index contributed by atoms with van der Waals surface area (Å²) in [5, 5.41) is 1.82. The van der Waals surface area contributed by atoms with Gasteiger partial charge in [-0.2, -0.15) is 13.8 Å². The number of thiazole rings is 1. The molecule has 1 fully saturated rings. The summed E-state index contributed by atoms with van der Waals surface area (Å²) in [7, 11) is 0. The fraction of sp³-hybridized carbons (Fsp3) is 0.333. The summed E-state index contributed by atoms with van der Waals surface area (Å²) in [5.41, 5.74) is 0.723. The lowest BCUT2D eigenvalue weighted by Crippen LogP contribution is -2.27. The van der Waals surface area contributed by atoms with Crippen LogP contribution in [0.5, 0.6) is 5.75 Å². The van der Waals surface area contributed by atoms with E-state index in [1.165, 1.54) is 23.5 Å². The number of amides is 2. The Morgan fingerprint density at radius 3 is 2.57 bits per heavy atom. The van der Waals surface area contributed by atoms with Gasteiger partial charge in [0.05, 0.1) is 0 Å². The van der Waals surface area contributed by atoms with E-state index in [2.05, 4.69) is 9.73 Å². The third-order valence-corrected chi connectivity index (χ3v) is 4.25. The van der Waals surface area contributed by atoms with E-state index in [1.807, 2.05) is 5.38 Å². The lowest BCUT2D eigenvalue weighted by atomic mass is 10.3. The second kappa shape index (κ2) is 6.91. The van der Waals surface area contributed by atoms with Crippen molar-refractivity contribution in [1.82, 2.24) is 9.47 Å². The van der Waals surface area contributed by atoms with Crippen LogP contribution in [0.15, 0.2) is 40.8 Å². The first-order valence-electron chi connectivity index (χ1n) is 7.18. The van der Waals surface area contributed by atoms with Crippen molar-refractivity contribution in [3.05, 3.63) is 40.6 Å². The maximum Gasteiger partial charge on any atom is 0.387 e. The van der Waals surface area contributed by atoms with E-state index in [-0.39, 0.29) is 11.8 Å². The van der Waals surface area contributed by atoms with E-state index in [0.717, 1.165) is 31.6 Å². The molecule has 1 aromatic heterocycles. The first-order valence-corrected chi connectivity index (χ1v) is 8.06. The van der Waals surface area contributed by atoms with Crippen molar-refractivity contribution in [2.45, 2.75) is 19.5 Å².